The van der Waals surface area contributed by atoms with Crippen molar-refractivity contribution in [2.45, 2.75) is 20.8 Å². The van der Waals surface area contributed by atoms with Gasteiger partial charge in [-0.3, -0.25) is 4.79 Å². The van der Waals surface area contributed by atoms with Gasteiger partial charge in [-0.2, -0.15) is 0 Å². The van der Waals surface area contributed by atoms with Crippen LogP contribution in [0.3, 0.4) is 0 Å². The summed E-state index contributed by atoms with van der Waals surface area (Å²) < 4.78 is 0. The van der Waals surface area contributed by atoms with Crippen molar-refractivity contribution < 1.29 is 4.79 Å². The van der Waals surface area contributed by atoms with Crippen LogP contribution in [0.5, 0.6) is 0 Å². The average Bonchev–Trinajstić information content (AvgIpc) is 2.39. The van der Waals surface area contributed by atoms with E-state index in [-0.39, 0.29) is 5.91 Å². The first-order valence-electron chi connectivity index (χ1n) is 5.98. The summed E-state index contributed by atoms with van der Waals surface area (Å²) in [6.07, 6.45) is 3.52. The maximum atomic E-state index is 11.7. The third-order valence-electron chi connectivity index (χ3n) is 1.88. The Morgan fingerprint density at radius 3 is 2.17 bits per heavy atom. The number of rotatable bonds is 4. The van der Waals surface area contributed by atoms with E-state index < -0.39 is 0 Å². The number of benzene rings is 1. The Bertz CT molecular complexity index is 430. The Hall–Kier alpha value is -2.09. The zero-order valence-electron chi connectivity index (χ0n) is 11.4. The van der Waals surface area contributed by atoms with Crippen molar-refractivity contribution in [2.75, 3.05) is 0 Å². The molecule has 18 heavy (non-hydrogen) atoms. The lowest BCUT2D eigenvalue weighted by Crippen LogP contribution is -2.20. The van der Waals surface area contributed by atoms with Gasteiger partial charge in [0.15, 0.2) is 0 Å². The first-order valence-corrected chi connectivity index (χ1v) is 5.98. The molecule has 0 heterocycles. The minimum absolute atomic E-state index is 0.156. The van der Waals surface area contributed by atoms with E-state index in [1.165, 1.54) is 0 Å². The third kappa shape index (κ3) is 6.48. The normalized spacial score (nSPS) is 9.28. The van der Waals surface area contributed by atoms with Gasteiger partial charge in [0.05, 0.1) is 0 Å². The highest BCUT2D eigenvalue weighted by atomic mass is 16.1. The van der Waals surface area contributed by atoms with Crippen LogP contribution >= 0.6 is 0 Å². The minimum Gasteiger partial charge on any atom is -0.323 e. The molecule has 0 atom stereocenters. The van der Waals surface area contributed by atoms with Crippen molar-refractivity contribution in [3.8, 4) is 0 Å². The molecule has 0 aromatic heterocycles. The van der Waals surface area contributed by atoms with Crippen molar-refractivity contribution in [2.24, 2.45) is 0 Å². The molecule has 0 aliphatic carbocycles. The molecule has 0 spiro atoms. The Balaban J connectivity index is 0.00000137. The topological polar surface area (TPSA) is 29.1 Å². The predicted octanol–water partition coefficient (Wildman–Crippen LogP) is 4.09. The van der Waals surface area contributed by atoms with Crippen molar-refractivity contribution in [3.63, 3.8) is 0 Å². The summed E-state index contributed by atoms with van der Waals surface area (Å²) in [6.45, 7) is 13.3. The zero-order chi connectivity index (χ0) is 14.0. The van der Waals surface area contributed by atoms with E-state index in [1.807, 2.05) is 39.0 Å². The summed E-state index contributed by atoms with van der Waals surface area (Å²) in [5, 5.41) is 2.69. The highest BCUT2D eigenvalue weighted by molar-refractivity contribution is 5.95. The minimum atomic E-state index is -0.156. The van der Waals surface area contributed by atoms with Gasteiger partial charge in [0.2, 0.25) is 0 Å². The van der Waals surface area contributed by atoms with Crippen LogP contribution in [0.1, 0.15) is 31.1 Å². The van der Waals surface area contributed by atoms with Crippen LogP contribution in [0.4, 0.5) is 0 Å². The first-order chi connectivity index (χ1) is 8.59. The molecule has 0 aliphatic heterocycles. The Morgan fingerprint density at radius 1 is 1.11 bits per heavy atom. The van der Waals surface area contributed by atoms with Gasteiger partial charge in [-0.25, -0.2) is 0 Å². The van der Waals surface area contributed by atoms with Crippen molar-refractivity contribution >= 4 is 5.91 Å². The van der Waals surface area contributed by atoms with Gasteiger partial charge in [0, 0.05) is 11.3 Å². The van der Waals surface area contributed by atoms with E-state index in [1.54, 1.807) is 24.3 Å². The molecule has 0 unspecified atom stereocenters. The van der Waals surface area contributed by atoms with Crippen LogP contribution in [0, 0.1) is 0 Å². The van der Waals surface area contributed by atoms with Gasteiger partial charge in [-0.1, -0.05) is 56.9 Å². The van der Waals surface area contributed by atoms with E-state index in [2.05, 4.69) is 18.5 Å². The molecule has 96 valence electrons. The van der Waals surface area contributed by atoms with Gasteiger partial charge < -0.3 is 5.32 Å². The predicted molar refractivity (Wildman–Crippen MR) is 78.4 cm³/mol. The lowest BCUT2D eigenvalue weighted by atomic mass is 10.2. The molecule has 2 heteroatoms. The number of nitrogens with one attached hydrogen (secondary N) is 1. The molecule has 0 radical (unpaired) electrons. The summed E-state index contributed by atoms with van der Waals surface area (Å²) in [6, 6.07) is 9.02. The first kappa shape index (κ1) is 15.9. The van der Waals surface area contributed by atoms with Crippen molar-refractivity contribution in [1.82, 2.24) is 5.32 Å². The van der Waals surface area contributed by atoms with Crippen molar-refractivity contribution in [3.05, 3.63) is 72.5 Å². The number of hydrogen-bond acceptors (Lipinski definition) is 1. The quantitative estimate of drug-likeness (QED) is 0.793. The van der Waals surface area contributed by atoms with E-state index in [9.17, 15) is 4.79 Å². The fourth-order valence-corrected chi connectivity index (χ4v) is 1.09. The van der Waals surface area contributed by atoms with Crippen LogP contribution in [-0.4, -0.2) is 5.91 Å². The highest BCUT2D eigenvalue weighted by Crippen LogP contribution is 2.00. The zero-order valence-corrected chi connectivity index (χ0v) is 11.4. The molecule has 1 aromatic rings. The molecule has 2 nitrogen and oxygen atoms in total. The average molecular weight is 243 g/mol. The molecule has 0 bridgehead atoms. The van der Waals surface area contributed by atoms with E-state index in [4.69, 9.17) is 0 Å². The van der Waals surface area contributed by atoms with E-state index in [0.717, 1.165) is 5.57 Å². The molecule has 1 N–H and O–H groups in total. The molecule has 0 aliphatic rings. The van der Waals surface area contributed by atoms with Crippen molar-refractivity contribution in [1.29, 1.82) is 0 Å². The molecule has 1 rings (SSSR count). The molecule has 1 amide bonds. The second kappa shape index (κ2) is 8.99. The lowest BCUT2D eigenvalue weighted by molar-refractivity contribution is 0.0967. The van der Waals surface area contributed by atoms with Gasteiger partial charge >= 0.3 is 0 Å². The van der Waals surface area contributed by atoms with Gasteiger partial charge in [-0.15, -0.1) is 0 Å². The second-order valence-electron chi connectivity index (χ2n) is 3.53. The molecule has 0 fully saturated rings. The smallest absolute Gasteiger partial charge is 0.255 e. The SMILES string of the molecule is C=C(C)/C=C\C(=C)NC(=O)c1ccccc1.CC. The maximum Gasteiger partial charge on any atom is 0.255 e. The Morgan fingerprint density at radius 2 is 1.67 bits per heavy atom. The van der Waals surface area contributed by atoms with Crippen LogP contribution in [0.2, 0.25) is 0 Å². The summed E-state index contributed by atoms with van der Waals surface area (Å²) in [5.74, 6) is -0.156. The van der Waals surface area contributed by atoms with E-state index in [0.29, 0.717) is 11.3 Å². The molecule has 1 aromatic carbocycles. The van der Waals surface area contributed by atoms with Gasteiger partial charge in [0.1, 0.15) is 0 Å². The Kier molecular flexibility index (Phi) is 7.95. The standard InChI is InChI=1S/C14H15NO.C2H6/c1-11(2)9-10-12(3)15-14(16)13-7-5-4-6-8-13;1-2/h4-10H,1,3H2,2H3,(H,15,16);1-2H3/b10-9-;. The summed E-state index contributed by atoms with van der Waals surface area (Å²) >= 11 is 0. The Labute approximate surface area is 110 Å². The third-order valence-corrected chi connectivity index (χ3v) is 1.88. The number of amides is 1. The molecular formula is C16H21NO. The van der Waals surface area contributed by atoms with Gasteiger partial charge in [0.25, 0.3) is 5.91 Å². The highest BCUT2D eigenvalue weighted by Gasteiger charge is 2.03. The van der Waals surface area contributed by atoms with Crippen LogP contribution in [0.25, 0.3) is 0 Å². The molecule has 0 saturated heterocycles. The maximum absolute atomic E-state index is 11.7. The summed E-state index contributed by atoms with van der Waals surface area (Å²) in [5.41, 5.74) is 2.08. The summed E-state index contributed by atoms with van der Waals surface area (Å²) in [7, 11) is 0. The second-order valence-corrected chi connectivity index (χ2v) is 3.53. The number of hydrogen-bond donors (Lipinski definition) is 1. The molecule has 0 saturated carbocycles. The number of allylic oxidation sites excluding steroid dienone is 3. The fourth-order valence-electron chi connectivity index (χ4n) is 1.09. The number of carbonyl (C=O) groups excluding carboxylic acids is 1. The summed E-state index contributed by atoms with van der Waals surface area (Å²) in [4.78, 5) is 11.7. The van der Waals surface area contributed by atoms with Gasteiger partial charge in [-0.05, 0) is 25.1 Å². The lowest BCUT2D eigenvalue weighted by Gasteiger charge is -2.04. The van der Waals surface area contributed by atoms with Crippen LogP contribution in [-0.2, 0) is 0 Å². The monoisotopic (exact) mass is 243 g/mol. The van der Waals surface area contributed by atoms with Crippen LogP contribution in [0.15, 0.2) is 66.9 Å². The number of carbonyl (C=O) groups is 1. The fraction of sp³-hybridized carbons (Fsp3) is 0.188. The molecular weight excluding hydrogens is 222 g/mol. The van der Waals surface area contributed by atoms with E-state index >= 15 is 0 Å². The largest absolute Gasteiger partial charge is 0.323 e. The van der Waals surface area contributed by atoms with Crippen LogP contribution < -0.4 is 5.32 Å².